The highest BCUT2D eigenvalue weighted by atomic mass is 16.5. The standard InChI is InChI=1S/C12H25NO2/c1-10(2)11(3)13-12(4-7-14)5-8-15-9-6-12/h10-11,13-14H,4-9H2,1-3H3. The van der Waals surface area contributed by atoms with Gasteiger partial charge < -0.3 is 15.2 Å². The number of hydrogen-bond acceptors (Lipinski definition) is 3. The minimum absolute atomic E-state index is 0.108. The Balaban J connectivity index is 2.55. The molecular weight excluding hydrogens is 190 g/mol. The molecule has 3 nitrogen and oxygen atoms in total. The van der Waals surface area contributed by atoms with E-state index in [9.17, 15) is 0 Å². The van der Waals surface area contributed by atoms with E-state index >= 15 is 0 Å². The zero-order valence-corrected chi connectivity index (χ0v) is 10.3. The van der Waals surface area contributed by atoms with Crippen LogP contribution in [0.2, 0.25) is 0 Å². The summed E-state index contributed by atoms with van der Waals surface area (Å²) in [4.78, 5) is 0. The molecule has 1 rings (SSSR count). The Hall–Kier alpha value is -0.120. The summed E-state index contributed by atoms with van der Waals surface area (Å²) < 4.78 is 5.39. The normalized spacial score (nSPS) is 23.0. The Kier molecular flexibility index (Phi) is 5.03. The van der Waals surface area contributed by atoms with Crippen LogP contribution < -0.4 is 5.32 Å². The monoisotopic (exact) mass is 215 g/mol. The molecule has 3 heteroatoms. The topological polar surface area (TPSA) is 41.5 Å². The van der Waals surface area contributed by atoms with Crippen LogP contribution in [0.5, 0.6) is 0 Å². The van der Waals surface area contributed by atoms with Gasteiger partial charge >= 0.3 is 0 Å². The smallest absolute Gasteiger partial charge is 0.0483 e. The molecule has 1 atom stereocenters. The molecule has 1 aliphatic rings. The second-order valence-electron chi connectivity index (χ2n) is 5.04. The van der Waals surface area contributed by atoms with Gasteiger partial charge in [0.15, 0.2) is 0 Å². The molecule has 0 amide bonds. The lowest BCUT2D eigenvalue weighted by molar-refractivity contribution is 0.0207. The van der Waals surface area contributed by atoms with E-state index in [0.717, 1.165) is 32.5 Å². The number of hydrogen-bond donors (Lipinski definition) is 2. The summed E-state index contributed by atoms with van der Waals surface area (Å²) in [5, 5.41) is 12.8. The number of aliphatic hydroxyl groups is 1. The summed E-state index contributed by atoms with van der Waals surface area (Å²) in [5.74, 6) is 0.628. The maximum atomic E-state index is 9.15. The molecule has 1 fully saturated rings. The lowest BCUT2D eigenvalue weighted by Crippen LogP contribution is -2.54. The summed E-state index contributed by atoms with van der Waals surface area (Å²) >= 11 is 0. The molecule has 0 aromatic heterocycles. The Morgan fingerprint density at radius 3 is 2.33 bits per heavy atom. The Labute approximate surface area is 93.2 Å². The zero-order valence-electron chi connectivity index (χ0n) is 10.3. The van der Waals surface area contributed by atoms with E-state index in [-0.39, 0.29) is 12.1 Å². The lowest BCUT2D eigenvalue weighted by Gasteiger charge is -2.41. The summed E-state index contributed by atoms with van der Waals surface area (Å²) in [6.45, 7) is 8.57. The quantitative estimate of drug-likeness (QED) is 0.731. The molecule has 2 N–H and O–H groups in total. The average molecular weight is 215 g/mol. The number of ether oxygens (including phenoxy) is 1. The Morgan fingerprint density at radius 2 is 1.87 bits per heavy atom. The average Bonchev–Trinajstić information content (AvgIpc) is 2.19. The Bertz CT molecular complexity index is 171. The fourth-order valence-electron chi connectivity index (χ4n) is 2.09. The van der Waals surface area contributed by atoms with E-state index in [1.807, 2.05) is 0 Å². The molecule has 1 unspecified atom stereocenters. The van der Waals surface area contributed by atoms with E-state index in [4.69, 9.17) is 9.84 Å². The van der Waals surface area contributed by atoms with Gasteiger partial charge in [-0.3, -0.25) is 0 Å². The molecule has 1 aliphatic heterocycles. The largest absolute Gasteiger partial charge is 0.396 e. The first-order chi connectivity index (χ1) is 7.09. The van der Waals surface area contributed by atoms with Crippen LogP contribution in [-0.4, -0.2) is 36.5 Å². The van der Waals surface area contributed by atoms with E-state index in [0.29, 0.717) is 12.0 Å². The van der Waals surface area contributed by atoms with Gasteiger partial charge in [0.2, 0.25) is 0 Å². The molecular formula is C12H25NO2. The molecule has 90 valence electrons. The van der Waals surface area contributed by atoms with Crippen molar-refractivity contribution in [3.05, 3.63) is 0 Å². The molecule has 15 heavy (non-hydrogen) atoms. The minimum Gasteiger partial charge on any atom is -0.396 e. The second-order valence-corrected chi connectivity index (χ2v) is 5.04. The van der Waals surface area contributed by atoms with Crippen molar-refractivity contribution in [2.45, 2.75) is 51.6 Å². The first-order valence-corrected chi connectivity index (χ1v) is 6.06. The number of aliphatic hydroxyl groups excluding tert-OH is 1. The third-order valence-corrected chi connectivity index (χ3v) is 3.57. The first kappa shape index (κ1) is 12.9. The molecule has 1 heterocycles. The number of nitrogens with one attached hydrogen (secondary N) is 1. The lowest BCUT2D eigenvalue weighted by atomic mass is 9.85. The Morgan fingerprint density at radius 1 is 1.27 bits per heavy atom. The summed E-state index contributed by atoms with van der Waals surface area (Å²) in [6.07, 6.45) is 2.88. The van der Waals surface area contributed by atoms with Crippen LogP contribution in [0.25, 0.3) is 0 Å². The van der Waals surface area contributed by atoms with Gasteiger partial charge in [-0.05, 0) is 32.1 Å². The van der Waals surface area contributed by atoms with Crippen molar-refractivity contribution in [2.24, 2.45) is 5.92 Å². The van der Waals surface area contributed by atoms with Crippen molar-refractivity contribution in [3.8, 4) is 0 Å². The third-order valence-electron chi connectivity index (χ3n) is 3.57. The molecule has 0 spiro atoms. The van der Waals surface area contributed by atoms with E-state index in [1.165, 1.54) is 0 Å². The van der Waals surface area contributed by atoms with Crippen molar-refractivity contribution in [1.29, 1.82) is 0 Å². The van der Waals surface area contributed by atoms with E-state index < -0.39 is 0 Å². The fourth-order valence-corrected chi connectivity index (χ4v) is 2.09. The van der Waals surface area contributed by atoms with Crippen molar-refractivity contribution < 1.29 is 9.84 Å². The summed E-state index contributed by atoms with van der Waals surface area (Å²) in [6, 6.07) is 0.495. The van der Waals surface area contributed by atoms with Gasteiger partial charge in [-0.1, -0.05) is 13.8 Å². The summed E-state index contributed by atoms with van der Waals surface area (Å²) in [5.41, 5.74) is 0.108. The van der Waals surface area contributed by atoms with E-state index in [2.05, 4.69) is 26.1 Å². The van der Waals surface area contributed by atoms with Crippen LogP contribution in [0.15, 0.2) is 0 Å². The van der Waals surface area contributed by atoms with Crippen molar-refractivity contribution in [3.63, 3.8) is 0 Å². The molecule has 0 aliphatic carbocycles. The first-order valence-electron chi connectivity index (χ1n) is 6.06. The highest BCUT2D eigenvalue weighted by molar-refractivity contribution is 4.92. The van der Waals surface area contributed by atoms with Gasteiger partial charge in [0.25, 0.3) is 0 Å². The van der Waals surface area contributed by atoms with Gasteiger partial charge in [0.05, 0.1) is 0 Å². The van der Waals surface area contributed by atoms with E-state index in [1.54, 1.807) is 0 Å². The second kappa shape index (κ2) is 5.83. The van der Waals surface area contributed by atoms with Crippen LogP contribution in [0.4, 0.5) is 0 Å². The minimum atomic E-state index is 0.108. The SMILES string of the molecule is CC(C)C(C)NC1(CCO)CCOCC1. The molecule has 0 saturated carbocycles. The van der Waals surface area contributed by atoms with Crippen molar-refractivity contribution in [1.82, 2.24) is 5.32 Å². The van der Waals surface area contributed by atoms with Crippen LogP contribution in [0, 0.1) is 5.92 Å². The molecule has 0 aromatic carbocycles. The van der Waals surface area contributed by atoms with Gasteiger partial charge in [-0.25, -0.2) is 0 Å². The van der Waals surface area contributed by atoms with Crippen LogP contribution in [0.1, 0.15) is 40.0 Å². The molecule has 1 saturated heterocycles. The molecule has 0 bridgehead atoms. The number of rotatable bonds is 5. The zero-order chi connectivity index (χ0) is 11.3. The maximum Gasteiger partial charge on any atom is 0.0483 e. The predicted octanol–water partition coefficient (Wildman–Crippen LogP) is 1.55. The van der Waals surface area contributed by atoms with Crippen molar-refractivity contribution in [2.75, 3.05) is 19.8 Å². The van der Waals surface area contributed by atoms with Crippen LogP contribution >= 0.6 is 0 Å². The van der Waals surface area contributed by atoms with Gasteiger partial charge in [0.1, 0.15) is 0 Å². The maximum absolute atomic E-state index is 9.15. The van der Waals surface area contributed by atoms with Crippen LogP contribution in [-0.2, 0) is 4.74 Å². The van der Waals surface area contributed by atoms with Crippen LogP contribution in [0.3, 0.4) is 0 Å². The predicted molar refractivity (Wildman–Crippen MR) is 61.9 cm³/mol. The molecule has 0 radical (unpaired) electrons. The van der Waals surface area contributed by atoms with Gasteiger partial charge in [-0.15, -0.1) is 0 Å². The highest BCUT2D eigenvalue weighted by Gasteiger charge is 2.33. The fraction of sp³-hybridized carbons (Fsp3) is 1.00. The van der Waals surface area contributed by atoms with Gasteiger partial charge in [0, 0.05) is 31.4 Å². The van der Waals surface area contributed by atoms with Crippen molar-refractivity contribution >= 4 is 0 Å². The summed E-state index contributed by atoms with van der Waals surface area (Å²) in [7, 11) is 0. The molecule has 0 aromatic rings. The highest BCUT2D eigenvalue weighted by Crippen LogP contribution is 2.25. The third kappa shape index (κ3) is 3.74. The van der Waals surface area contributed by atoms with Gasteiger partial charge in [-0.2, -0.15) is 0 Å².